The van der Waals surface area contributed by atoms with E-state index < -0.39 is 12.6 Å². The second-order valence-electron chi connectivity index (χ2n) is 6.25. The van der Waals surface area contributed by atoms with Crippen LogP contribution < -0.4 is 14.2 Å². The second-order valence-corrected chi connectivity index (χ2v) is 6.25. The van der Waals surface area contributed by atoms with Crippen molar-refractivity contribution in [3.05, 3.63) is 59.3 Å². The van der Waals surface area contributed by atoms with Crippen LogP contribution >= 0.6 is 0 Å². The van der Waals surface area contributed by atoms with Crippen LogP contribution in [0.1, 0.15) is 26.4 Å². The Balaban J connectivity index is 1.75. The van der Waals surface area contributed by atoms with E-state index >= 15 is 0 Å². The molecule has 0 aliphatic heterocycles. The summed E-state index contributed by atoms with van der Waals surface area (Å²) in [6, 6.07) is 11.8. The Bertz CT molecular complexity index is 1080. The minimum atomic E-state index is -0.610. The Hall–Kier alpha value is -3.61. The molecule has 150 valence electrons. The Morgan fingerprint density at radius 1 is 0.897 bits per heavy atom. The van der Waals surface area contributed by atoms with Gasteiger partial charge >= 0.3 is 5.97 Å². The largest absolute Gasteiger partial charge is 0.497 e. The molecule has 3 rings (SSSR count). The van der Waals surface area contributed by atoms with E-state index in [0.717, 1.165) is 5.39 Å². The number of ketones is 1. The molecule has 0 N–H and O–H groups in total. The van der Waals surface area contributed by atoms with E-state index in [9.17, 15) is 9.59 Å². The molecule has 0 unspecified atom stereocenters. The molecule has 0 atom stereocenters. The van der Waals surface area contributed by atoms with E-state index in [1.807, 2.05) is 6.07 Å². The lowest BCUT2D eigenvalue weighted by atomic mass is 10.1. The third kappa shape index (κ3) is 4.29. The van der Waals surface area contributed by atoms with Crippen LogP contribution in [0.25, 0.3) is 10.9 Å². The van der Waals surface area contributed by atoms with E-state index in [1.165, 1.54) is 14.2 Å². The molecule has 1 aromatic heterocycles. The number of hydrogen-bond donors (Lipinski definition) is 0. The average molecular weight is 395 g/mol. The number of methoxy groups -OCH3 is 3. The van der Waals surface area contributed by atoms with Gasteiger partial charge in [-0.25, -0.2) is 4.79 Å². The van der Waals surface area contributed by atoms with Gasteiger partial charge in [-0.1, -0.05) is 0 Å². The normalized spacial score (nSPS) is 10.5. The first-order chi connectivity index (χ1) is 14.0. The van der Waals surface area contributed by atoms with Crippen molar-refractivity contribution >= 4 is 22.7 Å². The van der Waals surface area contributed by atoms with Crippen LogP contribution in [0.4, 0.5) is 0 Å². The fourth-order valence-corrected chi connectivity index (χ4v) is 2.88. The molecule has 0 fully saturated rings. The number of carbonyl (C=O) groups excluding carboxylic acids is 2. The molecule has 3 aromatic rings. The number of carbonyl (C=O) groups is 2. The lowest BCUT2D eigenvalue weighted by Gasteiger charge is -2.10. The van der Waals surface area contributed by atoms with Crippen LogP contribution in [0.2, 0.25) is 0 Å². The van der Waals surface area contributed by atoms with Gasteiger partial charge in [-0.15, -0.1) is 0 Å². The van der Waals surface area contributed by atoms with E-state index in [4.69, 9.17) is 18.9 Å². The van der Waals surface area contributed by atoms with Crippen LogP contribution in [-0.4, -0.2) is 44.7 Å². The monoisotopic (exact) mass is 395 g/mol. The van der Waals surface area contributed by atoms with Crippen molar-refractivity contribution in [1.82, 2.24) is 4.98 Å². The van der Waals surface area contributed by atoms with Crippen molar-refractivity contribution in [3.8, 4) is 17.2 Å². The van der Waals surface area contributed by atoms with Crippen LogP contribution in [0.15, 0.2) is 42.5 Å². The Kier molecular flexibility index (Phi) is 5.97. The minimum Gasteiger partial charge on any atom is -0.497 e. The van der Waals surface area contributed by atoms with E-state index in [2.05, 4.69) is 4.98 Å². The number of aryl methyl sites for hydroxylation is 1. The summed E-state index contributed by atoms with van der Waals surface area (Å²) >= 11 is 0. The number of aromatic nitrogens is 1. The highest BCUT2D eigenvalue weighted by atomic mass is 16.5. The van der Waals surface area contributed by atoms with Gasteiger partial charge < -0.3 is 18.9 Å². The minimum absolute atomic E-state index is 0.308. The molecule has 29 heavy (non-hydrogen) atoms. The van der Waals surface area contributed by atoms with Gasteiger partial charge in [0.2, 0.25) is 0 Å². The number of esters is 1. The fourth-order valence-electron chi connectivity index (χ4n) is 2.88. The molecule has 0 amide bonds. The number of Topliss-reactive ketones (excluding diaryl/α,β-unsaturated/α-hetero) is 1. The lowest BCUT2D eigenvalue weighted by molar-refractivity contribution is 0.0473. The van der Waals surface area contributed by atoms with Gasteiger partial charge in [-0.3, -0.25) is 9.78 Å². The SMILES string of the molecule is COc1ccc2cc(C(=O)OCC(=O)c3ccc(OC)c(OC)c3)c(C)nc2c1. The topological polar surface area (TPSA) is 84.0 Å². The summed E-state index contributed by atoms with van der Waals surface area (Å²) in [5.41, 5.74) is 1.88. The zero-order valence-electron chi connectivity index (χ0n) is 16.6. The zero-order chi connectivity index (χ0) is 21.0. The molecule has 0 saturated carbocycles. The first-order valence-corrected chi connectivity index (χ1v) is 8.84. The Labute approximate surface area is 168 Å². The van der Waals surface area contributed by atoms with Gasteiger partial charge in [0, 0.05) is 17.0 Å². The van der Waals surface area contributed by atoms with E-state index in [1.54, 1.807) is 50.4 Å². The number of hydrogen-bond acceptors (Lipinski definition) is 7. The van der Waals surface area contributed by atoms with Gasteiger partial charge in [0.25, 0.3) is 0 Å². The summed E-state index contributed by atoms with van der Waals surface area (Å²) in [5, 5.41) is 0.773. The van der Waals surface area contributed by atoms with Gasteiger partial charge in [-0.05, 0) is 43.3 Å². The molecular weight excluding hydrogens is 374 g/mol. The second kappa shape index (κ2) is 8.60. The van der Waals surface area contributed by atoms with Gasteiger partial charge in [-0.2, -0.15) is 0 Å². The number of pyridine rings is 1. The summed E-state index contributed by atoms with van der Waals surface area (Å²) < 4.78 is 20.8. The van der Waals surface area contributed by atoms with Crippen molar-refractivity contribution in [2.75, 3.05) is 27.9 Å². The molecule has 0 aliphatic carbocycles. The molecule has 0 aliphatic rings. The van der Waals surface area contributed by atoms with Gasteiger partial charge in [0.15, 0.2) is 23.9 Å². The number of rotatable bonds is 7. The molecule has 0 saturated heterocycles. The van der Waals surface area contributed by atoms with Crippen LogP contribution in [0.3, 0.4) is 0 Å². The highest BCUT2D eigenvalue weighted by Crippen LogP contribution is 2.28. The molecule has 0 bridgehead atoms. The zero-order valence-corrected chi connectivity index (χ0v) is 16.6. The van der Waals surface area contributed by atoms with Crippen molar-refractivity contribution in [2.45, 2.75) is 6.92 Å². The number of benzene rings is 2. The number of fused-ring (bicyclic) bond motifs is 1. The fraction of sp³-hybridized carbons (Fsp3) is 0.227. The molecule has 7 heteroatoms. The number of nitrogens with zero attached hydrogens (tertiary/aromatic N) is 1. The third-order valence-electron chi connectivity index (χ3n) is 4.48. The van der Waals surface area contributed by atoms with E-state index in [0.29, 0.717) is 39.6 Å². The maximum absolute atomic E-state index is 12.5. The first-order valence-electron chi connectivity index (χ1n) is 8.84. The van der Waals surface area contributed by atoms with Gasteiger partial charge in [0.1, 0.15) is 5.75 Å². The predicted molar refractivity (Wildman–Crippen MR) is 107 cm³/mol. The lowest BCUT2D eigenvalue weighted by Crippen LogP contribution is -2.15. The smallest absolute Gasteiger partial charge is 0.340 e. The van der Waals surface area contributed by atoms with Crippen LogP contribution in [0.5, 0.6) is 17.2 Å². The molecular formula is C22H21NO6. The molecule has 2 aromatic carbocycles. The van der Waals surface area contributed by atoms with Gasteiger partial charge in [0.05, 0.1) is 38.1 Å². The highest BCUT2D eigenvalue weighted by molar-refractivity contribution is 6.01. The van der Waals surface area contributed by atoms with Crippen molar-refractivity contribution in [3.63, 3.8) is 0 Å². The van der Waals surface area contributed by atoms with Crippen molar-refractivity contribution in [2.24, 2.45) is 0 Å². The summed E-state index contributed by atoms with van der Waals surface area (Å²) in [4.78, 5) is 29.4. The predicted octanol–water partition coefficient (Wildman–Crippen LogP) is 3.61. The Morgan fingerprint density at radius 2 is 1.66 bits per heavy atom. The van der Waals surface area contributed by atoms with Crippen molar-refractivity contribution in [1.29, 1.82) is 0 Å². The summed E-state index contributed by atoms with van der Waals surface area (Å²) in [6.45, 7) is 1.32. The molecule has 0 radical (unpaired) electrons. The molecule has 7 nitrogen and oxygen atoms in total. The first kappa shape index (κ1) is 20.1. The maximum Gasteiger partial charge on any atom is 0.340 e. The van der Waals surface area contributed by atoms with Crippen LogP contribution in [-0.2, 0) is 4.74 Å². The van der Waals surface area contributed by atoms with E-state index in [-0.39, 0.29) is 5.78 Å². The third-order valence-corrected chi connectivity index (χ3v) is 4.48. The molecule has 1 heterocycles. The average Bonchev–Trinajstić information content (AvgIpc) is 2.75. The summed E-state index contributed by atoms with van der Waals surface area (Å²) in [5.74, 6) is 0.655. The Morgan fingerprint density at radius 3 is 2.34 bits per heavy atom. The molecule has 0 spiro atoms. The number of ether oxygens (including phenoxy) is 4. The standard InChI is InChI=1S/C22H21NO6/c1-13-17(9-14-5-7-16(26-2)11-18(14)23-13)22(25)29-12-19(24)15-6-8-20(27-3)21(10-15)28-4/h5-11H,12H2,1-4H3. The maximum atomic E-state index is 12.5. The summed E-state index contributed by atoms with van der Waals surface area (Å²) in [7, 11) is 4.57. The highest BCUT2D eigenvalue weighted by Gasteiger charge is 2.17. The summed E-state index contributed by atoms with van der Waals surface area (Å²) in [6.07, 6.45) is 0. The van der Waals surface area contributed by atoms with Crippen molar-refractivity contribution < 1.29 is 28.5 Å². The quantitative estimate of drug-likeness (QED) is 0.446. The van der Waals surface area contributed by atoms with Crippen LogP contribution in [0, 0.1) is 6.92 Å².